The monoisotopic (exact) mass is 516 g/mol. The second-order valence-corrected chi connectivity index (χ2v) is 10.4. The van der Waals surface area contributed by atoms with Crippen molar-refractivity contribution in [1.29, 1.82) is 5.41 Å². The summed E-state index contributed by atoms with van der Waals surface area (Å²) in [4.78, 5) is 32.6. The fourth-order valence-electron chi connectivity index (χ4n) is 5.60. The van der Waals surface area contributed by atoms with Crippen LogP contribution in [0.4, 0.5) is 5.69 Å². The van der Waals surface area contributed by atoms with E-state index in [9.17, 15) is 9.59 Å². The number of ether oxygens (including phenoxy) is 1. The van der Waals surface area contributed by atoms with Gasteiger partial charge in [-0.2, -0.15) is 0 Å². The Hall–Kier alpha value is -3.88. The van der Waals surface area contributed by atoms with E-state index < -0.39 is 5.41 Å². The summed E-state index contributed by atoms with van der Waals surface area (Å²) in [6, 6.07) is 13.8. The number of carbonyl (C=O) groups is 2. The number of rotatable bonds is 10. The number of carbonyl (C=O) groups excluding carboxylic acids is 2. The van der Waals surface area contributed by atoms with E-state index in [2.05, 4.69) is 28.1 Å². The molecule has 1 aliphatic carbocycles. The zero-order valence-electron chi connectivity index (χ0n) is 22.1. The number of amidine groups is 1. The smallest absolute Gasteiger partial charge is 0.305 e. The van der Waals surface area contributed by atoms with Gasteiger partial charge in [-0.1, -0.05) is 6.07 Å². The summed E-state index contributed by atoms with van der Waals surface area (Å²) < 4.78 is 7.16. The molecular formula is C29H36N6O3. The van der Waals surface area contributed by atoms with Gasteiger partial charge in [-0.05, 0) is 81.0 Å². The highest BCUT2D eigenvalue weighted by atomic mass is 16.5. The third-order valence-corrected chi connectivity index (χ3v) is 7.96. The van der Waals surface area contributed by atoms with Gasteiger partial charge in [0.05, 0.1) is 29.6 Å². The number of nitrogen functional groups attached to an aromatic ring is 1. The Labute approximate surface area is 222 Å². The van der Waals surface area contributed by atoms with Crippen molar-refractivity contribution in [3.63, 3.8) is 0 Å². The summed E-state index contributed by atoms with van der Waals surface area (Å²) in [6.45, 7) is 3.49. The van der Waals surface area contributed by atoms with Gasteiger partial charge < -0.3 is 25.3 Å². The highest BCUT2D eigenvalue weighted by molar-refractivity contribution is 5.95. The predicted molar refractivity (Wildman–Crippen MR) is 147 cm³/mol. The summed E-state index contributed by atoms with van der Waals surface area (Å²) in [5.41, 5.74) is 9.61. The maximum atomic E-state index is 13.8. The molecule has 2 fully saturated rings. The van der Waals surface area contributed by atoms with Crippen LogP contribution in [0.3, 0.4) is 0 Å². The number of imidazole rings is 1. The highest BCUT2D eigenvalue weighted by Crippen LogP contribution is 2.51. The Morgan fingerprint density at radius 1 is 1.21 bits per heavy atom. The first-order chi connectivity index (χ1) is 18.3. The van der Waals surface area contributed by atoms with Gasteiger partial charge in [-0.15, -0.1) is 0 Å². The maximum absolute atomic E-state index is 13.8. The van der Waals surface area contributed by atoms with Crippen molar-refractivity contribution in [3.05, 3.63) is 59.4 Å². The maximum Gasteiger partial charge on any atom is 0.305 e. The number of anilines is 1. The van der Waals surface area contributed by atoms with Crippen molar-refractivity contribution in [2.45, 2.75) is 63.5 Å². The molecule has 38 heavy (non-hydrogen) atoms. The Morgan fingerprint density at radius 2 is 1.97 bits per heavy atom. The lowest BCUT2D eigenvalue weighted by Crippen LogP contribution is -2.42. The first-order valence-corrected chi connectivity index (χ1v) is 13.4. The molecule has 1 saturated heterocycles. The number of aromatic nitrogens is 2. The van der Waals surface area contributed by atoms with Crippen molar-refractivity contribution >= 4 is 34.4 Å². The van der Waals surface area contributed by atoms with Gasteiger partial charge in [0.25, 0.3) is 0 Å². The van der Waals surface area contributed by atoms with Crippen LogP contribution in [0.5, 0.6) is 0 Å². The highest BCUT2D eigenvalue weighted by Gasteiger charge is 2.54. The quantitative estimate of drug-likeness (QED) is 0.214. The van der Waals surface area contributed by atoms with Crippen molar-refractivity contribution in [1.82, 2.24) is 14.5 Å². The molecule has 9 nitrogen and oxygen atoms in total. The Bertz CT molecular complexity index is 1360. The zero-order valence-corrected chi connectivity index (χ0v) is 22.1. The third kappa shape index (κ3) is 4.97. The number of fused-ring (bicyclic) bond motifs is 1. The van der Waals surface area contributed by atoms with Crippen molar-refractivity contribution in [3.8, 4) is 0 Å². The summed E-state index contributed by atoms with van der Waals surface area (Å²) in [5, 5.41) is 10.9. The normalized spacial score (nSPS) is 17.9. The van der Waals surface area contributed by atoms with Crippen LogP contribution in [0.1, 0.15) is 62.4 Å². The zero-order chi connectivity index (χ0) is 26.9. The minimum atomic E-state index is -0.477. The van der Waals surface area contributed by atoms with Gasteiger partial charge in [0.15, 0.2) is 0 Å². The Morgan fingerprint density at radius 3 is 2.66 bits per heavy atom. The molecule has 0 radical (unpaired) electrons. The molecule has 1 aromatic heterocycles. The molecule has 0 spiro atoms. The van der Waals surface area contributed by atoms with Crippen LogP contribution < -0.4 is 11.1 Å². The molecule has 1 saturated carbocycles. The SMILES string of the molecule is CCOC(=O)CCC1CCCN1C(=O)C1(c2ccc3c(c2)nc(CNc2ccc(C(=N)N)cc2)n3C)CC1. The Kier molecular flexibility index (Phi) is 7.10. The van der Waals surface area contributed by atoms with Crippen molar-refractivity contribution in [2.75, 3.05) is 18.5 Å². The standard InChI is InChI=1S/C29H36N6O3/c1-3-38-26(36)13-11-22-5-4-16-35(22)28(37)29(14-15-29)20-8-12-24-23(17-20)33-25(34(24)2)18-32-21-9-6-19(7-10-21)27(30)31/h6-10,12,17,22,32H,3-5,11,13-16,18H2,1-2H3,(H3,30,31). The molecule has 0 bridgehead atoms. The van der Waals surface area contributed by atoms with Crippen LogP contribution in [0.15, 0.2) is 42.5 Å². The van der Waals surface area contributed by atoms with Crippen LogP contribution in [-0.2, 0) is 33.3 Å². The summed E-state index contributed by atoms with van der Waals surface area (Å²) in [5.74, 6) is 0.941. The average Bonchev–Trinajstić information content (AvgIpc) is 3.49. The van der Waals surface area contributed by atoms with E-state index in [1.165, 1.54) is 0 Å². The fraction of sp³-hybridized carbons (Fsp3) is 0.448. The molecule has 200 valence electrons. The molecule has 5 rings (SSSR count). The fourth-order valence-corrected chi connectivity index (χ4v) is 5.60. The molecule has 1 atom stereocenters. The summed E-state index contributed by atoms with van der Waals surface area (Å²) in [7, 11) is 2.00. The van der Waals surface area contributed by atoms with E-state index in [0.717, 1.165) is 60.3 Å². The number of nitrogens with one attached hydrogen (secondary N) is 2. The number of esters is 1. The first-order valence-electron chi connectivity index (χ1n) is 13.4. The lowest BCUT2D eigenvalue weighted by Gasteiger charge is -2.29. The van der Waals surface area contributed by atoms with Crippen LogP contribution in [-0.4, -0.2) is 51.4 Å². The van der Waals surface area contributed by atoms with E-state index in [1.807, 2.05) is 43.1 Å². The molecule has 4 N–H and O–H groups in total. The van der Waals surface area contributed by atoms with E-state index in [4.69, 9.17) is 20.9 Å². The van der Waals surface area contributed by atoms with Crippen LogP contribution in [0.25, 0.3) is 11.0 Å². The van der Waals surface area contributed by atoms with Gasteiger partial charge in [0.1, 0.15) is 11.7 Å². The average molecular weight is 517 g/mol. The third-order valence-electron chi connectivity index (χ3n) is 7.96. The number of hydrogen-bond acceptors (Lipinski definition) is 6. The van der Waals surface area contributed by atoms with E-state index in [-0.39, 0.29) is 23.8 Å². The van der Waals surface area contributed by atoms with Gasteiger partial charge in [0.2, 0.25) is 5.91 Å². The molecule has 2 aromatic carbocycles. The van der Waals surface area contributed by atoms with Crippen LogP contribution in [0, 0.1) is 5.41 Å². The topological polar surface area (TPSA) is 126 Å². The van der Waals surface area contributed by atoms with Crippen molar-refractivity contribution in [2.24, 2.45) is 12.8 Å². The van der Waals surface area contributed by atoms with Crippen LogP contribution >= 0.6 is 0 Å². The molecule has 1 unspecified atom stereocenters. The van der Waals surface area contributed by atoms with Crippen molar-refractivity contribution < 1.29 is 14.3 Å². The minimum Gasteiger partial charge on any atom is -0.466 e. The Balaban J connectivity index is 1.29. The van der Waals surface area contributed by atoms with Gasteiger partial charge in [-0.3, -0.25) is 15.0 Å². The summed E-state index contributed by atoms with van der Waals surface area (Å²) >= 11 is 0. The predicted octanol–water partition coefficient (Wildman–Crippen LogP) is 3.84. The number of amides is 1. The molecule has 9 heteroatoms. The summed E-state index contributed by atoms with van der Waals surface area (Å²) in [6.07, 6.45) is 4.61. The second kappa shape index (κ2) is 10.5. The second-order valence-electron chi connectivity index (χ2n) is 10.4. The molecule has 1 amide bonds. The number of aryl methyl sites for hydroxylation is 1. The number of hydrogen-bond donors (Lipinski definition) is 3. The molecule has 1 aliphatic heterocycles. The molecule has 3 aromatic rings. The molecule has 2 aliphatic rings. The first kappa shape index (κ1) is 25.8. The van der Waals surface area contributed by atoms with Gasteiger partial charge in [0, 0.05) is 37.3 Å². The molecule has 2 heterocycles. The minimum absolute atomic E-state index is 0.0477. The van der Waals surface area contributed by atoms with Gasteiger partial charge >= 0.3 is 5.97 Å². The lowest BCUT2D eigenvalue weighted by atomic mass is 9.93. The largest absolute Gasteiger partial charge is 0.466 e. The number of nitrogens with zero attached hydrogens (tertiary/aromatic N) is 3. The van der Waals surface area contributed by atoms with Gasteiger partial charge in [-0.25, -0.2) is 4.98 Å². The lowest BCUT2D eigenvalue weighted by molar-refractivity contribution is -0.144. The van der Waals surface area contributed by atoms with E-state index in [1.54, 1.807) is 0 Å². The van der Waals surface area contributed by atoms with E-state index >= 15 is 0 Å². The number of nitrogens with two attached hydrogens (primary N) is 1. The number of benzene rings is 2. The molecular weight excluding hydrogens is 480 g/mol. The number of likely N-dealkylation sites (tertiary alicyclic amines) is 1. The van der Waals surface area contributed by atoms with Crippen LogP contribution in [0.2, 0.25) is 0 Å². The van der Waals surface area contributed by atoms with E-state index in [0.29, 0.717) is 31.6 Å².